The molecule has 0 spiro atoms. The molecule has 2 aromatic rings. The molecular weight excluding hydrogens is 510 g/mol. The van der Waals surface area contributed by atoms with Crippen LogP contribution in [0.3, 0.4) is 0 Å². The van der Waals surface area contributed by atoms with Gasteiger partial charge in [-0.25, -0.2) is 4.79 Å². The molecule has 1 saturated heterocycles. The van der Waals surface area contributed by atoms with E-state index in [1.807, 2.05) is 23.1 Å². The van der Waals surface area contributed by atoms with E-state index in [0.717, 1.165) is 12.3 Å². The Morgan fingerprint density at radius 2 is 1.97 bits per heavy atom. The second kappa shape index (κ2) is 10.2. The number of hydrogen-bond donors (Lipinski definition) is 0. The molecule has 2 saturated carbocycles. The van der Waals surface area contributed by atoms with E-state index in [-0.39, 0.29) is 18.6 Å². The highest BCUT2D eigenvalue weighted by atomic mass is 32.2. The molecule has 3 aliphatic rings. The predicted molar refractivity (Wildman–Crippen MR) is 146 cm³/mol. The molecule has 9 heteroatoms. The largest absolute Gasteiger partial charge is 0.497 e. The van der Waals surface area contributed by atoms with Crippen molar-refractivity contribution in [3.63, 3.8) is 0 Å². The summed E-state index contributed by atoms with van der Waals surface area (Å²) in [6.07, 6.45) is 6.50. The van der Waals surface area contributed by atoms with Crippen molar-refractivity contribution < 1.29 is 28.2 Å². The highest BCUT2D eigenvalue weighted by molar-refractivity contribution is 8.26. The molecule has 2 aliphatic carbocycles. The quantitative estimate of drug-likeness (QED) is 0.238. The van der Waals surface area contributed by atoms with Crippen molar-refractivity contribution in [1.82, 2.24) is 4.90 Å². The van der Waals surface area contributed by atoms with E-state index in [1.54, 1.807) is 46.1 Å². The van der Waals surface area contributed by atoms with Gasteiger partial charge in [0.25, 0.3) is 5.91 Å². The van der Waals surface area contributed by atoms with Gasteiger partial charge in [-0.1, -0.05) is 30.4 Å². The fourth-order valence-corrected chi connectivity index (χ4v) is 6.79. The van der Waals surface area contributed by atoms with Gasteiger partial charge in [0.05, 0.1) is 12.0 Å². The van der Waals surface area contributed by atoms with Crippen LogP contribution in [0.2, 0.25) is 0 Å². The number of carbonyl (C=O) groups excluding carboxylic acids is 2. The summed E-state index contributed by atoms with van der Waals surface area (Å²) in [5.74, 6) is 2.97. The second-order valence-electron chi connectivity index (χ2n) is 10.8. The molecule has 0 N–H and O–H groups in total. The fourth-order valence-electron chi connectivity index (χ4n) is 5.44. The Kier molecular flexibility index (Phi) is 7.11. The highest BCUT2D eigenvalue weighted by Crippen LogP contribution is 2.49. The Labute approximate surface area is 226 Å². The first kappa shape index (κ1) is 25.9. The van der Waals surface area contributed by atoms with E-state index < -0.39 is 11.6 Å². The van der Waals surface area contributed by atoms with E-state index in [4.69, 9.17) is 30.8 Å². The number of nitrogens with zero attached hydrogens (tertiary/aromatic N) is 1. The van der Waals surface area contributed by atoms with Gasteiger partial charge in [0.15, 0.2) is 6.61 Å². The number of furan rings is 1. The van der Waals surface area contributed by atoms with Gasteiger partial charge in [-0.3, -0.25) is 9.69 Å². The van der Waals surface area contributed by atoms with Crippen molar-refractivity contribution >= 4 is 46.3 Å². The summed E-state index contributed by atoms with van der Waals surface area (Å²) >= 11 is 6.94. The molecule has 1 aromatic heterocycles. The summed E-state index contributed by atoms with van der Waals surface area (Å²) in [5.41, 5.74) is 0.128. The van der Waals surface area contributed by atoms with Crippen molar-refractivity contribution in [1.29, 1.82) is 0 Å². The first-order chi connectivity index (χ1) is 17.6. The molecule has 5 rings (SSSR count). The first-order valence-electron chi connectivity index (χ1n) is 12.5. The number of rotatable bonds is 7. The lowest BCUT2D eigenvalue weighted by atomic mass is 9.94. The fraction of sp³-hybridized carbons (Fsp3) is 0.464. The van der Waals surface area contributed by atoms with Crippen LogP contribution in [0.25, 0.3) is 17.4 Å². The van der Waals surface area contributed by atoms with E-state index in [1.165, 1.54) is 31.0 Å². The van der Waals surface area contributed by atoms with E-state index in [2.05, 4.69) is 0 Å². The number of fused-ring (bicyclic) bond motifs is 2. The Morgan fingerprint density at radius 1 is 1.19 bits per heavy atom. The number of esters is 1. The van der Waals surface area contributed by atoms with Crippen LogP contribution >= 0.6 is 24.0 Å². The third-order valence-corrected chi connectivity index (χ3v) is 8.26. The SMILES string of the molecule is COc1cc(OCC(=O)OC(C)(C)C)cc(-c2ccc(/C=C3\SC(=S)N(C4CC5CCC4C5)C3=O)o2)c1. The van der Waals surface area contributed by atoms with Gasteiger partial charge in [-0.05, 0) is 76.1 Å². The molecule has 3 fully saturated rings. The smallest absolute Gasteiger partial charge is 0.344 e. The molecule has 2 heterocycles. The highest BCUT2D eigenvalue weighted by Gasteiger charge is 2.48. The number of methoxy groups -OCH3 is 1. The molecule has 0 radical (unpaired) electrons. The number of amides is 1. The van der Waals surface area contributed by atoms with Crippen molar-refractivity contribution in [3.05, 3.63) is 41.0 Å². The molecule has 1 amide bonds. The monoisotopic (exact) mass is 541 g/mol. The third kappa shape index (κ3) is 5.72. The first-order valence-corrected chi connectivity index (χ1v) is 13.7. The molecule has 196 valence electrons. The van der Waals surface area contributed by atoms with Crippen LogP contribution in [0.4, 0.5) is 0 Å². The molecule has 1 aromatic carbocycles. The maximum absolute atomic E-state index is 13.2. The summed E-state index contributed by atoms with van der Waals surface area (Å²) in [4.78, 5) is 27.7. The van der Waals surface area contributed by atoms with Gasteiger partial charge >= 0.3 is 5.97 Å². The molecule has 1 aliphatic heterocycles. The van der Waals surface area contributed by atoms with Crippen molar-refractivity contribution in [2.45, 2.75) is 58.1 Å². The summed E-state index contributed by atoms with van der Waals surface area (Å²) < 4.78 is 23.1. The lowest BCUT2D eigenvalue weighted by Crippen LogP contribution is -2.41. The molecule has 3 unspecified atom stereocenters. The zero-order valence-corrected chi connectivity index (χ0v) is 23.1. The Hall–Kier alpha value is -2.78. The summed E-state index contributed by atoms with van der Waals surface area (Å²) in [6.45, 7) is 5.19. The summed E-state index contributed by atoms with van der Waals surface area (Å²) in [7, 11) is 1.56. The van der Waals surface area contributed by atoms with Crippen molar-refractivity contribution in [2.24, 2.45) is 11.8 Å². The van der Waals surface area contributed by atoms with Gasteiger partial charge in [0.2, 0.25) is 0 Å². The van der Waals surface area contributed by atoms with Gasteiger partial charge < -0.3 is 18.6 Å². The normalized spacial score (nSPS) is 24.3. The van der Waals surface area contributed by atoms with Gasteiger partial charge in [0, 0.05) is 23.7 Å². The lowest BCUT2D eigenvalue weighted by Gasteiger charge is -2.30. The molecule has 3 atom stereocenters. The summed E-state index contributed by atoms with van der Waals surface area (Å²) in [6, 6.07) is 9.16. The lowest BCUT2D eigenvalue weighted by molar-refractivity contribution is -0.157. The summed E-state index contributed by atoms with van der Waals surface area (Å²) in [5, 5.41) is 0. The van der Waals surface area contributed by atoms with Crippen LogP contribution < -0.4 is 9.47 Å². The molecule has 2 bridgehead atoms. The van der Waals surface area contributed by atoms with Crippen LogP contribution in [-0.2, 0) is 14.3 Å². The number of thioether (sulfide) groups is 1. The van der Waals surface area contributed by atoms with Crippen LogP contribution in [0.5, 0.6) is 11.5 Å². The van der Waals surface area contributed by atoms with Crippen LogP contribution in [-0.4, -0.2) is 46.5 Å². The number of ether oxygens (including phenoxy) is 3. The maximum Gasteiger partial charge on any atom is 0.344 e. The Balaban J connectivity index is 1.30. The predicted octanol–water partition coefficient (Wildman–Crippen LogP) is 6.07. The van der Waals surface area contributed by atoms with Crippen LogP contribution in [0.15, 0.2) is 39.7 Å². The molecule has 37 heavy (non-hydrogen) atoms. The van der Waals surface area contributed by atoms with Crippen molar-refractivity contribution in [2.75, 3.05) is 13.7 Å². The Morgan fingerprint density at radius 3 is 2.65 bits per heavy atom. The molecule has 7 nitrogen and oxygen atoms in total. The minimum absolute atomic E-state index is 0.0234. The zero-order chi connectivity index (χ0) is 26.3. The molecular formula is C28H31NO6S2. The van der Waals surface area contributed by atoms with E-state index >= 15 is 0 Å². The average molecular weight is 542 g/mol. The van der Waals surface area contributed by atoms with Gasteiger partial charge in [-0.2, -0.15) is 0 Å². The zero-order valence-electron chi connectivity index (χ0n) is 21.4. The van der Waals surface area contributed by atoms with Crippen LogP contribution in [0, 0.1) is 11.8 Å². The minimum atomic E-state index is -0.588. The number of hydrogen-bond acceptors (Lipinski definition) is 8. The van der Waals surface area contributed by atoms with Crippen LogP contribution in [0.1, 0.15) is 52.2 Å². The van der Waals surface area contributed by atoms with E-state index in [9.17, 15) is 9.59 Å². The topological polar surface area (TPSA) is 78.2 Å². The maximum atomic E-state index is 13.2. The van der Waals surface area contributed by atoms with Gasteiger partial charge in [-0.15, -0.1) is 0 Å². The standard InChI is InChI=1S/C28H31NO6S2/c1-28(2,3)35-25(30)15-33-21-12-18(11-20(13-21)32-4)23-8-7-19(34-23)14-24-26(31)29(27(36)37-24)22-10-16-5-6-17(22)9-16/h7-8,11-14,16-17,22H,5-6,9-10,15H2,1-4H3/b24-14-. The minimum Gasteiger partial charge on any atom is -0.497 e. The Bertz CT molecular complexity index is 1260. The number of carbonyl (C=O) groups is 2. The number of thiocarbonyl (C=S) groups is 1. The second-order valence-corrected chi connectivity index (χ2v) is 12.4. The third-order valence-electron chi connectivity index (χ3n) is 6.93. The average Bonchev–Trinajstić information content (AvgIpc) is 3.62. The number of benzene rings is 1. The van der Waals surface area contributed by atoms with Gasteiger partial charge in [0.1, 0.15) is 32.9 Å². The van der Waals surface area contributed by atoms with Crippen molar-refractivity contribution in [3.8, 4) is 22.8 Å². The van der Waals surface area contributed by atoms with E-state index in [0.29, 0.717) is 43.7 Å².